The zero-order valence-corrected chi connectivity index (χ0v) is 11.9. The second-order valence-corrected chi connectivity index (χ2v) is 4.94. The van der Waals surface area contributed by atoms with E-state index in [-0.39, 0.29) is 24.7 Å². The zero-order valence-electron chi connectivity index (χ0n) is 11.9. The standard InChI is InChI=1S/C13H24N2O4/c1-4-7-14-11(16)5-6-12(17)15-10(13(18)19)8-9(2)3/h9-10H,4-8H2,1-3H3,(H,14,16)(H,15,17)(H,18,19)/t10-/m0/s1. The van der Waals surface area contributed by atoms with E-state index in [1.807, 2.05) is 20.8 Å². The monoisotopic (exact) mass is 272 g/mol. The molecule has 0 heterocycles. The van der Waals surface area contributed by atoms with Gasteiger partial charge < -0.3 is 15.7 Å². The number of hydrogen-bond acceptors (Lipinski definition) is 3. The number of carbonyl (C=O) groups excluding carboxylic acids is 2. The summed E-state index contributed by atoms with van der Waals surface area (Å²) >= 11 is 0. The van der Waals surface area contributed by atoms with Crippen molar-refractivity contribution in [3.8, 4) is 0 Å². The van der Waals surface area contributed by atoms with Gasteiger partial charge in [-0.15, -0.1) is 0 Å². The predicted molar refractivity (Wildman–Crippen MR) is 71.6 cm³/mol. The van der Waals surface area contributed by atoms with E-state index in [0.717, 1.165) is 6.42 Å². The summed E-state index contributed by atoms with van der Waals surface area (Å²) in [6, 6.07) is -0.883. The van der Waals surface area contributed by atoms with Gasteiger partial charge in [0.25, 0.3) is 0 Å². The lowest BCUT2D eigenvalue weighted by Crippen LogP contribution is -2.42. The van der Waals surface area contributed by atoms with Crippen LogP contribution in [0.4, 0.5) is 0 Å². The Hall–Kier alpha value is -1.59. The molecule has 0 aromatic rings. The Balaban J connectivity index is 4.06. The predicted octanol–water partition coefficient (Wildman–Crippen LogP) is 0.908. The molecule has 3 N–H and O–H groups in total. The third kappa shape index (κ3) is 9.04. The third-order valence-corrected chi connectivity index (χ3v) is 2.49. The first-order chi connectivity index (χ1) is 8.86. The molecule has 0 aromatic carbocycles. The van der Waals surface area contributed by atoms with Gasteiger partial charge in [-0.3, -0.25) is 9.59 Å². The smallest absolute Gasteiger partial charge is 0.326 e. The number of carboxylic acid groups (broad SMARTS) is 1. The van der Waals surface area contributed by atoms with Crippen molar-refractivity contribution in [3.63, 3.8) is 0 Å². The molecule has 0 aliphatic heterocycles. The SMILES string of the molecule is CCCNC(=O)CCC(=O)N[C@@H](CC(C)C)C(=O)O. The highest BCUT2D eigenvalue weighted by Crippen LogP contribution is 2.05. The Morgan fingerprint density at radius 3 is 2.16 bits per heavy atom. The van der Waals surface area contributed by atoms with Gasteiger partial charge in [0.2, 0.25) is 11.8 Å². The number of hydrogen-bond donors (Lipinski definition) is 3. The summed E-state index contributed by atoms with van der Waals surface area (Å²) in [5, 5.41) is 14.1. The minimum Gasteiger partial charge on any atom is -0.480 e. The van der Waals surface area contributed by atoms with Crippen molar-refractivity contribution in [2.45, 2.75) is 52.5 Å². The highest BCUT2D eigenvalue weighted by atomic mass is 16.4. The topological polar surface area (TPSA) is 95.5 Å². The number of nitrogens with one attached hydrogen (secondary N) is 2. The summed E-state index contributed by atoms with van der Waals surface area (Å²) in [4.78, 5) is 33.8. The van der Waals surface area contributed by atoms with Crippen LogP contribution in [0.15, 0.2) is 0 Å². The summed E-state index contributed by atoms with van der Waals surface area (Å²) in [6.45, 7) is 6.31. The van der Waals surface area contributed by atoms with Crippen molar-refractivity contribution < 1.29 is 19.5 Å². The maximum atomic E-state index is 11.6. The second-order valence-electron chi connectivity index (χ2n) is 4.94. The van der Waals surface area contributed by atoms with E-state index in [2.05, 4.69) is 10.6 Å². The lowest BCUT2D eigenvalue weighted by atomic mass is 10.0. The molecular weight excluding hydrogens is 248 g/mol. The molecule has 1 atom stereocenters. The van der Waals surface area contributed by atoms with Crippen molar-refractivity contribution in [2.75, 3.05) is 6.54 Å². The molecule has 0 rings (SSSR count). The van der Waals surface area contributed by atoms with Gasteiger partial charge in [-0.25, -0.2) is 4.79 Å². The van der Waals surface area contributed by atoms with Crippen LogP contribution < -0.4 is 10.6 Å². The van der Waals surface area contributed by atoms with Crippen LogP contribution in [0.1, 0.15) is 46.5 Å². The van der Waals surface area contributed by atoms with Gasteiger partial charge in [0, 0.05) is 19.4 Å². The second kappa shape index (κ2) is 9.35. The van der Waals surface area contributed by atoms with E-state index in [9.17, 15) is 14.4 Å². The molecule has 6 heteroatoms. The number of amides is 2. The summed E-state index contributed by atoms with van der Waals surface area (Å²) in [5.74, 6) is -1.46. The molecule has 110 valence electrons. The van der Waals surface area contributed by atoms with Crippen LogP contribution >= 0.6 is 0 Å². The molecule has 0 aliphatic carbocycles. The Morgan fingerprint density at radius 2 is 1.68 bits per heavy atom. The van der Waals surface area contributed by atoms with Gasteiger partial charge in [-0.2, -0.15) is 0 Å². The highest BCUT2D eigenvalue weighted by molar-refractivity contribution is 5.86. The largest absolute Gasteiger partial charge is 0.480 e. The van der Waals surface area contributed by atoms with E-state index in [4.69, 9.17) is 5.11 Å². The summed E-state index contributed by atoms with van der Waals surface area (Å²) < 4.78 is 0. The summed E-state index contributed by atoms with van der Waals surface area (Å²) in [6.07, 6.45) is 1.31. The van der Waals surface area contributed by atoms with Gasteiger partial charge in [0.1, 0.15) is 6.04 Å². The molecule has 6 nitrogen and oxygen atoms in total. The number of carbonyl (C=O) groups is 3. The van der Waals surface area contributed by atoms with Gasteiger partial charge in [0.15, 0.2) is 0 Å². The van der Waals surface area contributed by atoms with E-state index >= 15 is 0 Å². The molecule has 0 spiro atoms. The first-order valence-electron chi connectivity index (χ1n) is 6.65. The number of aliphatic carboxylic acids is 1. The normalized spacial score (nSPS) is 12.0. The van der Waals surface area contributed by atoms with Crippen LogP contribution in [0.3, 0.4) is 0 Å². The maximum Gasteiger partial charge on any atom is 0.326 e. The van der Waals surface area contributed by atoms with Crippen LogP contribution in [-0.4, -0.2) is 35.5 Å². The Labute approximate surface area is 113 Å². The fraction of sp³-hybridized carbons (Fsp3) is 0.769. The van der Waals surface area contributed by atoms with E-state index < -0.39 is 17.9 Å². The molecule has 0 fully saturated rings. The lowest BCUT2D eigenvalue weighted by molar-refractivity contribution is -0.142. The van der Waals surface area contributed by atoms with Crippen LogP contribution in [-0.2, 0) is 14.4 Å². The quantitative estimate of drug-likeness (QED) is 0.581. The average Bonchev–Trinajstić information content (AvgIpc) is 2.32. The molecular formula is C13H24N2O4. The van der Waals surface area contributed by atoms with Crippen LogP contribution in [0.25, 0.3) is 0 Å². The molecule has 0 bridgehead atoms. The zero-order chi connectivity index (χ0) is 14.8. The minimum atomic E-state index is -1.04. The van der Waals surface area contributed by atoms with Gasteiger partial charge >= 0.3 is 5.97 Å². The Morgan fingerprint density at radius 1 is 1.11 bits per heavy atom. The number of carboxylic acids is 1. The molecule has 0 saturated heterocycles. The highest BCUT2D eigenvalue weighted by Gasteiger charge is 2.21. The summed E-state index contributed by atoms with van der Waals surface area (Å²) in [5.41, 5.74) is 0. The Bertz CT molecular complexity index is 316. The van der Waals surface area contributed by atoms with Crippen molar-refractivity contribution in [3.05, 3.63) is 0 Å². The van der Waals surface area contributed by atoms with Crippen molar-refractivity contribution in [2.24, 2.45) is 5.92 Å². The van der Waals surface area contributed by atoms with Gasteiger partial charge in [-0.1, -0.05) is 20.8 Å². The van der Waals surface area contributed by atoms with E-state index in [1.165, 1.54) is 0 Å². The van der Waals surface area contributed by atoms with E-state index in [0.29, 0.717) is 13.0 Å². The average molecular weight is 272 g/mol. The molecule has 0 unspecified atom stereocenters. The summed E-state index contributed by atoms with van der Waals surface area (Å²) in [7, 11) is 0. The van der Waals surface area contributed by atoms with Crippen LogP contribution in [0, 0.1) is 5.92 Å². The van der Waals surface area contributed by atoms with Crippen molar-refractivity contribution in [1.82, 2.24) is 10.6 Å². The van der Waals surface area contributed by atoms with Gasteiger partial charge in [0.05, 0.1) is 0 Å². The van der Waals surface area contributed by atoms with E-state index in [1.54, 1.807) is 0 Å². The van der Waals surface area contributed by atoms with Crippen LogP contribution in [0.2, 0.25) is 0 Å². The van der Waals surface area contributed by atoms with Gasteiger partial charge in [-0.05, 0) is 18.8 Å². The molecule has 0 aromatic heterocycles. The minimum absolute atomic E-state index is 0.0113. The fourth-order valence-corrected chi connectivity index (χ4v) is 1.54. The van der Waals surface area contributed by atoms with Crippen molar-refractivity contribution in [1.29, 1.82) is 0 Å². The first kappa shape index (κ1) is 17.4. The molecule has 0 radical (unpaired) electrons. The molecule has 2 amide bonds. The number of rotatable bonds is 9. The van der Waals surface area contributed by atoms with Crippen molar-refractivity contribution >= 4 is 17.8 Å². The maximum absolute atomic E-state index is 11.6. The first-order valence-corrected chi connectivity index (χ1v) is 6.65. The van der Waals surface area contributed by atoms with Crippen LogP contribution in [0.5, 0.6) is 0 Å². The molecule has 0 saturated carbocycles. The fourth-order valence-electron chi connectivity index (χ4n) is 1.54. The third-order valence-electron chi connectivity index (χ3n) is 2.49. The molecule has 0 aliphatic rings. The Kier molecular flexibility index (Phi) is 8.57. The lowest BCUT2D eigenvalue weighted by Gasteiger charge is -2.16. The molecule has 19 heavy (non-hydrogen) atoms.